The first-order valence-electron chi connectivity index (χ1n) is 23.8. The van der Waals surface area contributed by atoms with Crippen LogP contribution in [0.25, 0.3) is 0 Å². The van der Waals surface area contributed by atoms with E-state index in [2.05, 4.69) is 44.2 Å². The highest BCUT2D eigenvalue weighted by atomic mass is 31.2. The molecule has 14 heteroatoms. The van der Waals surface area contributed by atoms with Crippen LogP contribution < -0.4 is 0 Å². The first kappa shape index (κ1) is 57.1. The van der Waals surface area contributed by atoms with Gasteiger partial charge in [0.1, 0.15) is 43.2 Å². The lowest BCUT2D eigenvalue weighted by Gasteiger charge is -2.41. The molecule has 0 heterocycles. The second-order valence-electron chi connectivity index (χ2n) is 16.6. The lowest BCUT2D eigenvalue weighted by atomic mass is 9.85. The smallest absolute Gasteiger partial charge is 0.462 e. The molecular weight excluding hydrogens is 803 g/mol. The Morgan fingerprint density at radius 3 is 1.39 bits per heavy atom. The molecule has 0 radical (unpaired) electrons. The van der Waals surface area contributed by atoms with Crippen molar-refractivity contribution < 1.29 is 63.1 Å². The maximum Gasteiger partial charge on any atom is 0.472 e. The average molecular weight is 889 g/mol. The van der Waals surface area contributed by atoms with Gasteiger partial charge in [-0.15, -0.1) is 0 Å². The zero-order chi connectivity index (χ0) is 45.0. The summed E-state index contributed by atoms with van der Waals surface area (Å²) in [4.78, 5) is 35.7. The highest BCUT2D eigenvalue weighted by molar-refractivity contribution is 7.47. The molecule has 1 saturated carbocycles. The van der Waals surface area contributed by atoms with E-state index in [4.69, 9.17) is 18.5 Å². The summed E-state index contributed by atoms with van der Waals surface area (Å²) in [5.74, 6) is -1.18. The minimum absolute atomic E-state index is 0.0587. The van der Waals surface area contributed by atoms with E-state index >= 15 is 0 Å². The molecule has 1 aliphatic carbocycles. The molecule has 1 aliphatic rings. The Labute approximate surface area is 368 Å². The fourth-order valence-electron chi connectivity index (χ4n) is 7.09. The normalized spacial score (nSPS) is 22.3. The SMILES string of the molecule is CCCCCCCCCCC/C=C/C/C=C/CCCC(=O)OC[C@@H](COP(=O)(O)OC1C(O)C(O)C(O)[C@H](O)C1O)OC(=O)CCCC/C=C/CCCCCCCCCCC. The van der Waals surface area contributed by atoms with Crippen LogP contribution in [0.1, 0.15) is 194 Å². The fraction of sp³-hybridized carbons (Fsp3) is 0.830. The Morgan fingerprint density at radius 2 is 0.902 bits per heavy atom. The van der Waals surface area contributed by atoms with Gasteiger partial charge in [-0.3, -0.25) is 18.6 Å². The van der Waals surface area contributed by atoms with Gasteiger partial charge in [0.2, 0.25) is 0 Å². The molecule has 61 heavy (non-hydrogen) atoms. The molecule has 1 fully saturated rings. The van der Waals surface area contributed by atoms with E-state index in [0.717, 1.165) is 32.1 Å². The zero-order valence-corrected chi connectivity index (χ0v) is 38.6. The van der Waals surface area contributed by atoms with Crippen molar-refractivity contribution in [3.8, 4) is 0 Å². The van der Waals surface area contributed by atoms with Crippen molar-refractivity contribution >= 4 is 19.8 Å². The second kappa shape index (κ2) is 37.4. The Balaban J connectivity index is 2.49. The summed E-state index contributed by atoms with van der Waals surface area (Å²) in [6.45, 7) is 3.25. The molecule has 356 valence electrons. The standard InChI is InChI=1S/C47H85O13P/c1-3-5-7-9-11-13-15-17-19-20-22-23-25-27-29-31-33-35-40(48)57-37-39(38-58-61(55,56)60-47-45(53)43(51)42(50)44(52)46(47)54)59-41(49)36-34-32-30-28-26-24-21-18-16-14-12-10-8-6-4-2/h22-23,26-29,39,42-47,50-54H,3-21,24-25,30-38H2,1-2H3,(H,55,56)/b23-22+,28-26+,29-27+/t39-,42?,43-,44?,45?,46?,47?/m0/s1. The molecule has 0 aromatic carbocycles. The number of hydrogen-bond donors (Lipinski definition) is 6. The van der Waals surface area contributed by atoms with Gasteiger partial charge in [0.25, 0.3) is 0 Å². The van der Waals surface area contributed by atoms with Crippen LogP contribution in [-0.2, 0) is 32.7 Å². The number of phosphoric acid groups is 1. The Bertz CT molecular complexity index is 1210. The van der Waals surface area contributed by atoms with Crippen LogP contribution >= 0.6 is 7.82 Å². The Morgan fingerprint density at radius 1 is 0.508 bits per heavy atom. The number of hydrogen-bond acceptors (Lipinski definition) is 12. The minimum atomic E-state index is -5.13. The summed E-state index contributed by atoms with van der Waals surface area (Å²) in [5, 5.41) is 50.1. The summed E-state index contributed by atoms with van der Waals surface area (Å²) < 4.78 is 33.5. The van der Waals surface area contributed by atoms with Crippen molar-refractivity contribution in [2.45, 2.75) is 236 Å². The van der Waals surface area contributed by atoms with Gasteiger partial charge in [0.05, 0.1) is 6.61 Å². The van der Waals surface area contributed by atoms with E-state index < -0.39 is 75.7 Å². The van der Waals surface area contributed by atoms with Crippen molar-refractivity contribution in [2.75, 3.05) is 13.2 Å². The predicted octanol–water partition coefficient (Wildman–Crippen LogP) is 9.39. The number of phosphoric ester groups is 1. The van der Waals surface area contributed by atoms with Gasteiger partial charge in [0, 0.05) is 12.8 Å². The van der Waals surface area contributed by atoms with Gasteiger partial charge >= 0.3 is 19.8 Å². The third kappa shape index (κ3) is 30.0. The van der Waals surface area contributed by atoms with E-state index in [1.54, 1.807) is 0 Å². The molecule has 13 nitrogen and oxygen atoms in total. The monoisotopic (exact) mass is 889 g/mol. The number of unbranched alkanes of at least 4 members (excludes halogenated alkanes) is 21. The lowest BCUT2D eigenvalue weighted by molar-refractivity contribution is -0.220. The topological polar surface area (TPSA) is 210 Å². The van der Waals surface area contributed by atoms with Crippen LogP contribution in [0, 0.1) is 0 Å². The third-order valence-electron chi connectivity index (χ3n) is 11.0. The van der Waals surface area contributed by atoms with Crippen LogP contribution in [-0.4, -0.2) is 98.3 Å². The van der Waals surface area contributed by atoms with E-state index in [1.807, 2.05) is 6.08 Å². The number of carbonyl (C=O) groups is 2. The maximum absolute atomic E-state index is 12.8. The summed E-state index contributed by atoms with van der Waals surface area (Å²) >= 11 is 0. The summed E-state index contributed by atoms with van der Waals surface area (Å²) in [7, 11) is -5.13. The molecule has 1 rings (SSSR count). The number of aliphatic hydroxyl groups excluding tert-OH is 5. The van der Waals surface area contributed by atoms with E-state index in [1.165, 1.54) is 116 Å². The number of allylic oxidation sites excluding steroid dienone is 6. The van der Waals surface area contributed by atoms with Crippen LogP contribution in [0.4, 0.5) is 0 Å². The van der Waals surface area contributed by atoms with Crippen molar-refractivity contribution in [1.82, 2.24) is 0 Å². The second-order valence-corrected chi connectivity index (χ2v) is 18.0. The van der Waals surface area contributed by atoms with Crippen LogP contribution in [0.5, 0.6) is 0 Å². The maximum atomic E-state index is 12.8. The molecule has 0 amide bonds. The molecule has 0 spiro atoms. The van der Waals surface area contributed by atoms with E-state index in [0.29, 0.717) is 19.3 Å². The average Bonchev–Trinajstić information content (AvgIpc) is 3.24. The minimum Gasteiger partial charge on any atom is -0.462 e. The Hall–Kier alpha value is -1.93. The van der Waals surface area contributed by atoms with Crippen LogP contribution in [0.3, 0.4) is 0 Å². The molecule has 0 aromatic rings. The summed E-state index contributed by atoms with van der Waals surface area (Å²) in [5.41, 5.74) is 0. The van der Waals surface area contributed by atoms with Gasteiger partial charge in [-0.1, -0.05) is 153 Å². The number of esters is 2. The fourth-order valence-corrected chi connectivity index (χ4v) is 8.06. The molecule has 6 unspecified atom stereocenters. The highest BCUT2D eigenvalue weighted by Gasteiger charge is 2.51. The van der Waals surface area contributed by atoms with Gasteiger partial charge in [-0.25, -0.2) is 4.57 Å². The molecule has 8 atom stereocenters. The quantitative estimate of drug-likeness (QED) is 0.0147. The first-order valence-corrected chi connectivity index (χ1v) is 25.3. The van der Waals surface area contributed by atoms with Crippen molar-refractivity contribution in [2.24, 2.45) is 0 Å². The Kier molecular flexibility index (Phi) is 35.0. The van der Waals surface area contributed by atoms with E-state index in [9.17, 15) is 44.6 Å². The molecule has 0 saturated heterocycles. The first-order chi connectivity index (χ1) is 29.4. The predicted molar refractivity (Wildman–Crippen MR) is 240 cm³/mol. The number of rotatable bonds is 39. The molecular formula is C47H85O13P. The number of aliphatic hydroxyl groups is 5. The van der Waals surface area contributed by atoms with E-state index in [-0.39, 0.29) is 12.8 Å². The van der Waals surface area contributed by atoms with Gasteiger partial charge in [-0.05, 0) is 64.2 Å². The number of carbonyl (C=O) groups excluding carboxylic acids is 2. The van der Waals surface area contributed by atoms with Crippen molar-refractivity contribution in [3.63, 3.8) is 0 Å². The lowest BCUT2D eigenvalue weighted by Crippen LogP contribution is -2.64. The summed E-state index contributed by atoms with van der Waals surface area (Å²) in [6, 6.07) is 0. The number of ether oxygens (including phenoxy) is 2. The van der Waals surface area contributed by atoms with Gasteiger partial charge < -0.3 is 39.9 Å². The third-order valence-corrected chi connectivity index (χ3v) is 11.9. The molecule has 0 aromatic heterocycles. The van der Waals surface area contributed by atoms with Crippen molar-refractivity contribution in [3.05, 3.63) is 36.5 Å². The van der Waals surface area contributed by atoms with Crippen molar-refractivity contribution in [1.29, 1.82) is 0 Å². The molecule has 0 aliphatic heterocycles. The van der Waals surface area contributed by atoms with Gasteiger partial charge in [-0.2, -0.15) is 0 Å². The zero-order valence-electron chi connectivity index (χ0n) is 37.7. The van der Waals surface area contributed by atoms with Gasteiger partial charge in [0.15, 0.2) is 6.10 Å². The van der Waals surface area contributed by atoms with Crippen LogP contribution in [0.15, 0.2) is 36.5 Å². The summed E-state index contributed by atoms with van der Waals surface area (Å²) in [6.07, 6.45) is 29.3. The van der Waals surface area contributed by atoms with Crippen LogP contribution in [0.2, 0.25) is 0 Å². The molecule has 0 bridgehead atoms. The largest absolute Gasteiger partial charge is 0.472 e. The molecule has 6 N–H and O–H groups in total. The highest BCUT2D eigenvalue weighted by Crippen LogP contribution is 2.47.